The number of benzene rings is 1. The second-order valence-electron chi connectivity index (χ2n) is 4.63. The Morgan fingerprint density at radius 3 is 2.63 bits per heavy atom. The molecule has 1 atom stereocenters. The Labute approximate surface area is 114 Å². The molecule has 1 unspecified atom stereocenters. The second-order valence-corrected chi connectivity index (χ2v) is 4.63. The van der Waals surface area contributed by atoms with Crippen LogP contribution in [0.1, 0.15) is 30.9 Å². The summed E-state index contributed by atoms with van der Waals surface area (Å²) in [6, 6.07) is 10.4. The van der Waals surface area contributed by atoms with Gasteiger partial charge in [0, 0.05) is 12.1 Å². The van der Waals surface area contributed by atoms with E-state index in [0.29, 0.717) is 11.7 Å². The van der Waals surface area contributed by atoms with Crippen molar-refractivity contribution in [3.05, 3.63) is 47.8 Å². The van der Waals surface area contributed by atoms with Crippen LogP contribution in [0.15, 0.2) is 36.7 Å². The van der Waals surface area contributed by atoms with Crippen molar-refractivity contribution in [3.63, 3.8) is 0 Å². The topological polar surface area (TPSA) is 63.8 Å². The van der Waals surface area contributed by atoms with Gasteiger partial charge >= 0.3 is 0 Å². The summed E-state index contributed by atoms with van der Waals surface area (Å²) in [5.41, 5.74) is 8.16. The zero-order valence-corrected chi connectivity index (χ0v) is 11.4. The normalized spacial score (nSPS) is 12.1. The Morgan fingerprint density at radius 1 is 1.21 bits per heavy atom. The summed E-state index contributed by atoms with van der Waals surface area (Å²) in [4.78, 5) is 8.30. The Kier molecular flexibility index (Phi) is 4.34. The molecule has 0 aliphatic carbocycles. The van der Waals surface area contributed by atoms with E-state index in [9.17, 15) is 0 Å². The summed E-state index contributed by atoms with van der Waals surface area (Å²) in [5.74, 6) is 1.83. The first-order valence-electron chi connectivity index (χ1n) is 6.60. The highest BCUT2D eigenvalue weighted by atomic mass is 15.0. The number of nitrogens with zero attached hydrogens (tertiary/aromatic N) is 2. The van der Waals surface area contributed by atoms with Crippen molar-refractivity contribution in [1.82, 2.24) is 9.97 Å². The standard InChI is InChI=1S/C15H20N4/c1-3-13-14(16)18-10-19-15(13)17-9-11(2)12-7-5-4-6-8-12/h4-8,10-11H,3,9H2,1-2H3,(H3,16,17,18,19). The Balaban J connectivity index is 2.05. The van der Waals surface area contributed by atoms with Crippen LogP contribution in [0.5, 0.6) is 0 Å². The van der Waals surface area contributed by atoms with Gasteiger partial charge in [-0.2, -0.15) is 0 Å². The molecule has 0 fully saturated rings. The molecule has 3 N–H and O–H groups in total. The molecule has 1 aromatic carbocycles. The molecule has 0 aliphatic heterocycles. The van der Waals surface area contributed by atoms with Crippen LogP contribution in [-0.2, 0) is 6.42 Å². The lowest BCUT2D eigenvalue weighted by Gasteiger charge is -2.15. The molecule has 0 amide bonds. The minimum absolute atomic E-state index is 0.419. The van der Waals surface area contributed by atoms with Gasteiger partial charge in [-0.1, -0.05) is 44.2 Å². The third-order valence-electron chi connectivity index (χ3n) is 3.28. The van der Waals surface area contributed by atoms with Crippen LogP contribution in [0.3, 0.4) is 0 Å². The molecule has 1 heterocycles. The van der Waals surface area contributed by atoms with E-state index in [-0.39, 0.29) is 0 Å². The van der Waals surface area contributed by atoms with Gasteiger partial charge in [0.2, 0.25) is 0 Å². The minimum Gasteiger partial charge on any atom is -0.383 e. The van der Waals surface area contributed by atoms with Crippen LogP contribution in [0.4, 0.5) is 11.6 Å². The number of hydrogen-bond donors (Lipinski definition) is 2. The average Bonchev–Trinajstić information content (AvgIpc) is 2.45. The molecule has 100 valence electrons. The fourth-order valence-electron chi connectivity index (χ4n) is 2.08. The van der Waals surface area contributed by atoms with Crippen molar-refractivity contribution >= 4 is 11.6 Å². The predicted molar refractivity (Wildman–Crippen MR) is 79.2 cm³/mol. The highest BCUT2D eigenvalue weighted by molar-refractivity contribution is 5.55. The summed E-state index contributed by atoms with van der Waals surface area (Å²) >= 11 is 0. The third kappa shape index (κ3) is 3.22. The van der Waals surface area contributed by atoms with Crippen LogP contribution in [0.2, 0.25) is 0 Å². The van der Waals surface area contributed by atoms with Gasteiger partial charge in [-0.3, -0.25) is 0 Å². The van der Waals surface area contributed by atoms with Crippen LogP contribution in [0.25, 0.3) is 0 Å². The lowest BCUT2D eigenvalue weighted by molar-refractivity contribution is 0.798. The number of nitrogen functional groups attached to an aromatic ring is 1. The fourth-order valence-corrected chi connectivity index (χ4v) is 2.08. The van der Waals surface area contributed by atoms with E-state index in [1.54, 1.807) is 0 Å². The number of nitrogens with one attached hydrogen (secondary N) is 1. The zero-order valence-electron chi connectivity index (χ0n) is 11.4. The Morgan fingerprint density at radius 2 is 1.95 bits per heavy atom. The largest absolute Gasteiger partial charge is 0.383 e. The first-order chi connectivity index (χ1) is 9.22. The Bertz CT molecular complexity index is 525. The van der Waals surface area contributed by atoms with Gasteiger partial charge in [-0.05, 0) is 17.9 Å². The molecule has 1 aromatic heterocycles. The smallest absolute Gasteiger partial charge is 0.134 e. The van der Waals surface area contributed by atoms with Crippen LogP contribution in [-0.4, -0.2) is 16.5 Å². The molecular weight excluding hydrogens is 236 g/mol. The van der Waals surface area contributed by atoms with Gasteiger partial charge in [0.15, 0.2) is 0 Å². The predicted octanol–water partition coefficient (Wildman–Crippen LogP) is 2.84. The van der Waals surface area contributed by atoms with Crippen molar-refractivity contribution in [1.29, 1.82) is 0 Å². The monoisotopic (exact) mass is 256 g/mol. The second kappa shape index (κ2) is 6.18. The SMILES string of the molecule is CCc1c(N)ncnc1NCC(C)c1ccccc1. The molecule has 0 radical (unpaired) electrons. The average molecular weight is 256 g/mol. The summed E-state index contributed by atoms with van der Waals surface area (Å²) in [6.07, 6.45) is 2.33. The molecular formula is C15H20N4. The van der Waals surface area contributed by atoms with Crippen molar-refractivity contribution < 1.29 is 0 Å². The molecule has 4 heteroatoms. The fraction of sp³-hybridized carbons (Fsp3) is 0.333. The molecule has 0 aliphatic rings. The quantitative estimate of drug-likeness (QED) is 0.863. The molecule has 2 rings (SSSR count). The van der Waals surface area contributed by atoms with E-state index in [0.717, 1.165) is 24.3 Å². The number of nitrogens with two attached hydrogens (primary N) is 1. The number of rotatable bonds is 5. The molecule has 0 saturated carbocycles. The van der Waals surface area contributed by atoms with Crippen molar-refractivity contribution in [3.8, 4) is 0 Å². The third-order valence-corrected chi connectivity index (χ3v) is 3.28. The lowest BCUT2D eigenvalue weighted by atomic mass is 10.0. The first-order valence-corrected chi connectivity index (χ1v) is 6.60. The number of anilines is 2. The maximum atomic E-state index is 5.86. The van der Waals surface area contributed by atoms with Gasteiger partial charge in [0.05, 0.1) is 0 Å². The summed E-state index contributed by atoms with van der Waals surface area (Å²) in [6.45, 7) is 5.08. The van der Waals surface area contributed by atoms with Gasteiger partial charge in [-0.25, -0.2) is 9.97 Å². The molecule has 0 spiro atoms. The van der Waals surface area contributed by atoms with Crippen molar-refractivity contribution in [2.75, 3.05) is 17.6 Å². The zero-order chi connectivity index (χ0) is 13.7. The maximum absolute atomic E-state index is 5.86. The summed E-state index contributed by atoms with van der Waals surface area (Å²) in [7, 11) is 0. The van der Waals surface area contributed by atoms with Crippen molar-refractivity contribution in [2.45, 2.75) is 26.2 Å². The molecule has 4 nitrogen and oxygen atoms in total. The van der Waals surface area contributed by atoms with Crippen LogP contribution < -0.4 is 11.1 Å². The minimum atomic E-state index is 0.419. The Hall–Kier alpha value is -2.10. The van der Waals surface area contributed by atoms with Crippen LogP contribution >= 0.6 is 0 Å². The highest BCUT2D eigenvalue weighted by Gasteiger charge is 2.09. The van der Waals surface area contributed by atoms with E-state index < -0.39 is 0 Å². The molecule has 2 aromatic rings. The maximum Gasteiger partial charge on any atom is 0.134 e. The van der Waals surface area contributed by atoms with Gasteiger partial charge < -0.3 is 11.1 Å². The molecule has 0 saturated heterocycles. The van der Waals surface area contributed by atoms with Gasteiger partial charge in [0.25, 0.3) is 0 Å². The summed E-state index contributed by atoms with van der Waals surface area (Å²) in [5, 5.41) is 3.37. The van der Waals surface area contributed by atoms with E-state index in [2.05, 4.69) is 53.4 Å². The van der Waals surface area contributed by atoms with Gasteiger partial charge in [0.1, 0.15) is 18.0 Å². The van der Waals surface area contributed by atoms with Crippen molar-refractivity contribution in [2.24, 2.45) is 0 Å². The lowest BCUT2D eigenvalue weighted by Crippen LogP contribution is -2.13. The number of aromatic nitrogens is 2. The highest BCUT2D eigenvalue weighted by Crippen LogP contribution is 2.20. The summed E-state index contributed by atoms with van der Waals surface area (Å²) < 4.78 is 0. The molecule has 0 bridgehead atoms. The van der Waals surface area contributed by atoms with Crippen LogP contribution in [0, 0.1) is 0 Å². The molecule has 19 heavy (non-hydrogen) atoms. The van der Waals surface area contributed by atoms with E-state index in [1.807, 2.05) is 6.07 Å². The van der Waals surface area contributed by atoms with E-state index in [4.69, 9.17) is 5.73 Å². The first kappa shape index (κ1) is 13.3. The van der Waals surface area contributed by atoms with E-state index >= 15 is 0 Å². The van der Waals surface area contributed by atoms with Gasteiger partial charge in [-0.15, -0.1) is 0 Å². The number of hydrogen-bond acceptors (Lipinski definition) is 4. The van der Waals surface area contributed by atoms with E-state index in [1.165, 1.54) is 11.9 Å².